The summed E-state index contributed by atoms with van der Waals surface area (Å²) in [5.74, 6) is 0.148. The summed E-state index contributed by atoms with van der Waals surface area (Å²) in [5, 5.41) is 3.48. The Kier molecular flexibility index (Phi) is 5.27. The van der Waals surface area contributed by atoms with Gasteiger partial charge in [0.1, 0.15) is 0 Å². The van der Waals surface area contributed by atoms with Gasteiger partial charge in [-0.25, -0.2) is 0 Å². The Bertz CT molecular complexity index is 949. The molecule has 0 spiro atoms. The SMILES string of the molecule is CCC(=O)N1c2ccccc2NC2=C(C(=O)CCC2)[C@@H]1c1ccc(SC)cc1. The quantitative estimate of drug-likeness (QED) is 0.718. The number of anilines is 2. The van der Waals surface area contributed by atoms with E-state index in [-0.39, 0.29) is 11.7 Å². The van der Waals surface area contributed by atoms with Gasteiger partial charge in [0.15, 0.2) is 5.78 Å². The van der Waals surface area contributed by atoms with E-state index < -0.39 is 6.04 Å². The number of hydrogen-bond acceptors (Lipinski definition) is 4. The summed E-state index contributed by atoms with van der Waals surface area (Å²) in [6.45, 7) is 1.87. The number of fused-ring (bicyclic) bond motifs is 1. The van der Waals surface area contributed by atoms with Crippen LogP contribution in [-0.2, 0) is 9.59 Å². The van der Waals surface area contributed by atoms with E-state index in [9.17, 15) is 9.59 Å². The minimum absolute atomic E-state index is 0.0142. The normalized spacial score (nSPS) is 18.9. The number of carbonyl (C=O) groups excluding carboxylic acids is 2. The molecule has 4 nitrogen and oxygen atoms in total. The lowest BCUT2D eigenvalue weighted by molar-refractivity contribution is -0.118. The molecular formula is C23H24N2O2S. The van der Waals surface area contributed by atoms with Crippen molar-refractivity contribution in [1.29, 1.82) is 0 Å². The van der Waals surface area contributed by atoms with E-state index in [1.54, 1.807) is 11.8 Å². The summed E-state index contributed by atoms with van der Waals surface area (Å²) >= 11 is 1.68. The Hall–Kier alpha value is -2.53. The zero-order valence-corrected chi connectivity index (χ0v) is 17.0. The fraction of sp³-hybridized carbons (Fsp3) is 0.304. The smallest absolute Gasteiger partial charge is 0.227 e. The summed E-state index contributed by atoms with van der Waals surface area (Å²) in [4.78, 5) is 29.2. The molecule has 1 N–H and O–H groups in total. The number of ketones is 1. The van der Waals surface area contributed by atoms with Crippen LogP contribution in [0.3, 0.4) is 0 Å². The summed E-state index contributed by atoms with van der Waals surface area (Å²) in [6, 6.07) is 15.7. The van der Waals surface area contributed by atoms with Crippen molar-refractivity contribution in [3.8, 4) is 0 Å². The van der Waals surface area contributed by atoms with Crippen molar-refractivity contribution in [1.82, 2.24) is 0 Å². The number of nitrogens with one attached hydrogen (secondary N) is 1. The van der Waals surface area contributed by atoms with Gasteiger partial charge in [-0.2, -0.15) is 0 Å². The average molecular weight is 393 g/mol. The van der Waals surface area contributed by atoms with E-state index >= 15 is 0 Å². The Labute approximate surface area is 170 Å². The average Bonchev–Trinajstić information content (AvgIpc) is 2.88. The van der Waals surface area contributed by atoms with E-state index in [2.05, 4.69) is 17.4 Å². The molecule has 1 aliphatic heterocycles. The summed E-state index contributed by atoms with van der Waals surface area (Å²) < 4.78 is 0. The van der Waals surface area contributed by atoms with Gasteiger partial charge < -0.3 is 5.32 Å². The van der Waals surface area contributed by atoms with Gasteiger partial charge in [-0.3, -0.25) is 14.5 Å². The molecule has 2 aliphatic rings. The summed E-state index contributed by atoms with van der Waals surface area (Å²) in [5.41, 5.74) is 4.38. The van der Waals surface area contributed by atoms with E-state index in [1.807, 2.05) is 54.5 Å². The third kappa shape index (κ3) is 3.24. The van der Waals surface area contributed by atoms with E-state index in [0.29, 0.717) is 12.8 Å². The van der Waals surface area contributed by atoms with Crippen LogP contribution in [0.2, 0.25) is 0 Å². The first-order chi connectivity index (χ1) is 13.6. The molecule has 4 rings (SSSR count). The summed E-state index contributed by atoms with van der Waals surface area (Å²) in [6.07, 6.45) is 4.61. The number of para-hydroxylation sites is 2. The van der Waals surface area contributed by atoms with Gasteiger partial charge in [-0.1, -0.05) is 31.2 Å². The molecule has 1 amide bonds. The molecule has 28 heavy (non-hydrogen) atoms. The Morgan fingerprint density at radius 2 is 1.89 bits per heavy atom. The maximum Gasteiger partial charge on any atom is 0.227 e. The molecule has 0 unspecified atom stereocenters. The third-order valence-electron chi connectivity index (χ3n) is 5.44. The molecule has 1 aliphatic carbocycles. The number of carbonyl (C=O) groups is 2. The van der Waals surface area contributed by atoms with Crippen molar-refractivity contribution in [3.05, 3.63) is 65.4 Å². The van der Waals surface area contributed by atoms with Gasteiger partial charge in [-0.05, 0) is 48.9 Å². The standard InChI is InChI=1S/C23H24N2O2S/c1-3-21(27)25-19-9-5-4-7-17(19)24-18-8-6-10-20(26)22(18)23(25)15-11-13-16(28-2)14-12-15/h4-5,7,9,11-14,23-24H,3,6,8,10H2,1-2H3/t23-/m0/s1. The summed E-state index contributed by atoms with van der Waals surface area (Å²) in [7, 11) is 0. The lowest BCUT2D eigenvalue weighted by Crippen LogP contribution is -2.37. The predicted octanol–water partition coefficient (Wildman–Crippen LogP) is 5.33. The Morgan fingerprint density at radius 3 is 2.61 bits per heavy atom. The zero-order valence-electron chi connectivity index (χ0n) is 16.2. The second-order valence-corrected chi connectivity index (χ2v) is 7.98. The molecule has 1 heterocycles. The number of Topliss-reactive ketones (excluding diaryl/α,β-unsaturated/α-hetero) is 1. The van der Waals surface area contributed by atoms with Crippen molar-refractivity contribution in [2.24, 2.45) is 0 Å². The maximum atomic E-state index is 13.1. The van der Waals surface area contributed by atoms with Gasteiger partial charge in [-0.15, -0.1) is 11.8 Å². The topological polar surface area (TPSA) is 49.4 Å². The Morgan fingerprint density at radius 1 is 1.14 bits per heavy atom. The van der Waals surface area contributed by atoms with Crippen molar-refractivity contribution < 1.29 is 9.59 Å². The lowest BCUT2D eigenvalue weighted by atomic mass is 9.85. The molecule has 1 atom stereocenters. The van der Waals surface area contributed by atoms with Gasteiger partial charge in [0.25, 0.3) is 0 Å². The highest BCUT2D eigenvalue weighted by Crippen LogP contribution is 2.45. The molecule has 0 saturated carbocycles. The van der Waals surface area contributed by atoms with Crippen LogP contribution >= 0.6 is 11.8 Å². The molecule has 2 aromatic rings. The fourth-order valence-electron chi connectivity index (χ4n) is 4.08. The monoisotopic (exact) mass is 392 g/mol. The van der Waals surface area contributed by atoms with Gasteiger partial charge in [0.2, 0.25) is 5.91 Å². The predicted molar refractivity (Wildman–Crippen MR) is 115 cm³/mol. The zero-order chi connectivity index (χ0) is 19.7. The minimum atomic E-state index is -0.401. The highest BCUT2D eigenvalue weighted by molar-refractivity contribution is 7.98. The number of hydrogen-bond donors (Lipinski definition) is 1. The maximum absolute atomic E-state index is 13.1. The molecule has 144 valence electrons. The van der Waals surface area contributed by atoms with Crippen LogP contribution in [0.15, 0.2) is 64.7 Å². The van der Waals surface area contributed by atoms with Gasteiger partial charge >= 0.3 is 0 Å². The van der Waals surface area contributed by atoms with Gasteiger partial charge in [0.05, 0.1) is 17.4 Å². The van der Waals surface area contributed by atoms with Crippen LogP contribution in [0, 0.1) is 0 Å². The van der Waals surface area contributed by atoms with Crippen molar-refractivity contribution >= 4 is 34.8 Å². The number of amides is 1. The number of thioether (sulfide) groups is 1. The molecule has 0 bridgehead atoms. The van der Waals surface area contributed by atoms with Crippen molar-refractivity contribution in [3.63, 3.8) is 0 Å². The first-order valence-corrected chi connectivity index (χ1v) is 10.9. The van der Waals surface area contributed by atoms with E-state index in [0.717, 1.165) is 45.9 Å². The molecule has 0 radical (unpaired) electrons. The Balaban J connectivity index is 1.97. The first kappa shape index (κ1) is 18.8. The minimum Gasteiger partial charge on any atom is -0.357 e. The van der Waals surface area contributed by atoms with E-state index in [1.165, 1.54) is 0 Å². The van der Waals surface area contributed by atoms with E-state index in [4.69, 9.17) is 0 Å². The largest absolute Gasteiger partial charge is 0.357 e. The second kappa shape index (κ2) is 7.84. The highest BCUT2D eigenvalue weighted by atomic mass is 32.2. The molecule has 2 aromatic carbocycles. The molecular weight excluding hydrogens is 368 g/mol. The number of rotatable bonds is 3. The third-order valence-corrected chi connectivity index (χ3v) is 6.18. The van der Waals surface area contributed by atoms with Crippen LogP contribution in [0.25, 0.3) is 0 Å². The van der Waals surface area contributed by atoms with Crippen LogP contribution < -0.4 is 10.2 Å². The van der Waals surface area contributed by atoms with Crippen molar-refractivity contribution in [2.45, 2.75) is 43.5 Å². The number of nitrogens with zero attached hydrogens (tertiary/aromatic N) is 1. The molecule has 0 fully saturated rings. The molecule has 0 saturated heterocycles. The highest BCUT2D eigenvalue weighted by Gasteiger charge is 2.38. The first-order valence-electron chi connectivity index (χ1n) is 9.72. The van der Waals surface area contributed by atoms with Crippen LogP contribution in [0.1, 0.15) is 44.2 Å². The number of benzene rings is 2. The van der Waals surface area contributed by atoms with Crippen LogP contribution in [-0.4, -0.2) is 17.9 Å². The van der Waals surface area contributed by atoms with Crippen LogP contribution in [0.5, 0.6) is 0 Å². The second-order valence-electron chi connectivity index (χ2n) is 7.10. The number of allylic oxidation sites excluding steroid dienone is 1. The van der Waals surface area contributed by atoms with Crippen LogP contribution in [0.4, 0.5) is 11.4 Å². The lowest BCUT2D eigenvalue weighted by Gasteiger charge is -2.33. The molecule has 5 heteroatoms. The van der Waals surface area contributed by atoms with Gasteiger partial charge in [0, 0.05) is 29.0 Å². The fourth-order valence-corrected chi connectivity index (χ4v) is 4.49. The van der Waals surface area contributed by atoms with Crippen molar-refractivity contribution in [2.75, 3.05) is 16.5 Å². The molecule has 0 aromatic heterocycles.